The number of likely N-dealkylation sites (tertiary alicyclic amines) is 2. The van der Waals surface area contributed by atoms with Gasteiger partial charge in [-0.3, -0.25) is 14.4 Å². The van der Waals surface area contributed by atoms with Crippen LogP contribution in [0.4, 0.5) is 0 Å². The van der Waals surface area contributed by atoms with Crippen LogP contribution in [0.1, 0.15) is 21.5 Å². The molecule has 2 fully saturated rings. The summed E-state index contributed by atoms with van der Waals surface area (Å²) in [5.74, 6) is -0.0906. The molecule has 3 amide bonds. The van der Waals surface area contributed by atoms with E-state index in [2.05, 4.69) is 0 Å². The van der Waals surface area contributed by atoms with Crippen molar-refractivity contribution in [3.05, 3.63) is 71.3 Å². The number of hydrogen-bond donors (Lipinski definition) is 0. The number of carbonyl (C=O) groups is 3. The van der Waals surface area contributed by atoms with Crippen LogP contribution in [-0.2, 0) is 16.0 Å². The Morgan fingerprint density at radius 3 is 2.19 bits per heavy atom. The fourth-order valence-corrected chi connectivity index (χ4v) is 4.91. The predicted molar refractivity (Wildman–Crippen MR) is 118 cm³/mol. The number of carbonyl (C=O) groups excluding carboxylic acids is 3. The number of aryl methyl sites for hydroxylation is 1. The van der Waals surface area contributed by atoms with Crippen molar-refractivity contribution in [2.45, 2.75) is 13.3 Å². The van der Waals surface area contributed by atoms with E-state index in [0.717, 1.165) is 11.1 Å². The lowest BCUT2D eigenvalue weighted by atomic mass is 9.80. The van der Waals surface area contributed by atoms with Gasteiger partial charge in [-0.25, -0.2) is 0 Å². The number of fused-ring (bicyclic) bond motifs is 1. The molecule has 2 heterocycles. The maximum absolute atomic E-state index is 13.3. The third-order valence-electron chi connectivity index (χ3n) is 6.58. The van der Waals surface area contributed by atoms with Crippen LogP contribution in [-0.4, -0.2) is 72.7 Å². The van der Waals surface area contributed by atoms with Crippen LogP contribution >= 0.6 is 0 Å². The molecule has 0 N–H and O–H groups in total. The third-order valence-corrected chi connectivity index (χ3v) is 6.58. The van der Waals surface area contributed by atoms with Gasteiger partial charge in [-0.2, -0.15) is 0 Å². The minimum absolute atomic E-state index is 0.00787. The highest BCUT2D eigenvalue weighted by Crippen LogP contribution is 2.44. The first-order chi connectivity index (χ1) is 14.8. The lowest BCUT2D eigenvalue weighted by molar-refractivity contribution is -0.140. The molecular formula is C25H29N3O3. The second kappa shape index (κ2) is 8.17. The molecule has 0 aliphatic carbocycles. The van der Waals surface area contributed by atoms with E-state index in [-0.39, 0.29) is 23.6 Å². The summed E-state index contributed by atoms with van der Waals surface area (Å²) in [6.07, 6.45) is 0.325. The average molecular weight is 420 g/mol. The van der Waals surface area contributed by atoms with E-state index in [4.69, 9.17) is 0 Å². The Bertz CT molecular complexity index is 987. The van der Waals surface area contributed by atoms with Gasteiger partial charge in [0.1, 0.15) is 0 Å². The van der Waals surface area contributed by atoms with Crippen molar-refractivity contribution < 1.29 is 14.4 Å². The van der Waals surface area contributed by atoms with Gasteiger partial charge in [0.05, 0.1) is 11.8 Å². The van der Waals surface area contributed by atoms with E-state index < -0.39 is 5.41 Å². The molecule has 2 atom stereocenters. The average Bonchev–Trinajstić information content (AvgIpc) is 3.30. The Hall–Kier alpha value is -3.15. The molecule has 162 valence electrons. The number of amides is 3. The summed E-state index contributed by atoms with van der Waals surface area (Å²) < 4.78 is 0. The second-order valence-electron chi connectivity index (χ2n) is 9.04. The van der Waals surface area contributed by atoms with E-state index in [9.17, 15) is 14.4 Å². The van der Waals surface area contributed by atoms with Crippen LogP contribution in [0.15, 0.2) is 54.6 Å². The van der Waals surface area contributed by atoms with Gasteiger partial charge in [0, 0.05) is 51.8 Å². The van der Waals surface area contributed by atoms with Crippen molar-refractivity contribution in [1.29, 1.82) is 0 Å². The molecule has 0 aromatic heterocycles. The third kappa shape index (κ3) is 3.94. The van der Waals surface area contributed by atoms with Crippen LogP contribution in [0.2, 0.25) is 0 Å². The summed E-state index contributed by atoms with van der Waals surface area (Å²) >= 11 is 0. The predicted octanol–water partition coefficient (Wildman–Crippen LogP) is 2.23. The second-order valence-corrected chi connectivity index (χ2v) is 9.04. The number of benzene rings is 2. The monoisotopic (exact) mass is 419 g/mol. The highest BCUT2D eigenvalue weighted by Gasteiger charge is 2.59. The van der Waals surface area contributed by atoms with Gasteiger partial charge in [-0.1, -0.05) is 48.0 Å². The Kier molecular flexibility index (Phi) is 5.56. The zero-order chi connectivity index (χ0) is 22.2. The Morgan fingerprint density at radius 2 is 1.55 bits per heavy atom. The lowest BCUT2D eigenvalue weighted by Crippen LogP contribution is -2.48. The lowest BCUT2D eigenvalue weighted by Gasteiger charge is -2.30. The van der Waals surface area contributed by atoms with Crippen LogP contribution in [0.25, 0.3) is 0 Å². The molecule has 2 aliphatic rings. The van der Waals surface area contributed by atoms with Crippen molar-refractivity contribution in [2.75, 3.05) is 40.3 Å². The van der Waals surface area contributed by atoms with Gasteiger partial charge in [0.25, 0.3) is 5.91 Å². The summed E-state index contributed by atoms with van der Waals surface area (Å²) in [4.78, 5) is 44.5. The Balaban J connectivity index is 1.53. The Morgan fingerprint density at radius 1 is 0.935 bits per heavy atom. The van der Waals surface area contributed by atoms with Gasteiger partial charge in [0.2, 0.25) is 11.8 Å². The molecular weight excluding hydrogens is 390 g/mol. The molecule has 6 nitrogen and oxygen atoms in total. The minimum atomic E-state index is -0.739. The van der Waals surface area contributed by atoms with E-state index >= 15 is 0 Å². The van der Waals surface area contributed by atoms with E-state index in [1.807, 2.05) is 54.3 Å². The summed E-state index contributed by atoms with van der Waals surface area (Å²) in [7, 11) is 3.49. The maximum atomic E-state index is 13.3. The molecule has 2 saturated heterocycles. The van der Waals surface area contributed by atoms with Crippen LogP contribution in [0.3, 0.4) is 0 Å². The molecule has 4 rings (SSSR count). The SMILES string of the molecule is Cc1ccc(CC(=O)N2C[C@@H]3CN(C(=O)c4ccccc4)C[C@]3(C(=O)N(C)C)C2)cc1. The number of nitrogens with zero attached hydrogens (tertiary/aromatic N) is 3. The summed E-state index contributed by atoms with van der Waals surface area (Å²) in [5, 5.41) is 0. The molecule has 2 aliphatic heterocycles. The summed E-state index contributed by atoms with van der Waals surface area (Å²) in [5.41, 5.74) is 2.02. The molecule has 6 heteroatoms. The normalized spacial score (nSPS) is 22.4. The van der Waals surface area contributed by atoms with Crippen molar-refractivity contribution in [1.82, 2.24) is 14.7 Å². The van der Waals surface area contributed by atoms with Crippen molar-refractivity contribution in [2.24, 2.45) is 11.3 Å². The van der Waals surface area contributed by atoms with E-state index in [1.54, 1.807) is 36.0 Å². The van der Waals surface area contributed by atoms with Crippen LogP contribution in [0.5, 0.6) is 0 Å². The van der Waals surface area contributed by atoms with Gasteiger partial charge in [-0.15, -0.1) is 0 Å². The highest BCUT2D eigenvalue weighted by atomic mass is 16.2. The van der Waals surface area contributed by atoms with Crippen LogP contribution in [0, 0.1) is 18.3 Å². The first-order valence-corrected chi connectivity index (χ1v) is 10.7. The van der Waals surface area contributed by atoms with Gasteiger partial charge >= 0.3 is 0 Å². The largest absolute Gasteiger partial charge is 0.348 e. The number of rotatable bonds is 4. The highest BCUT2D eigenvalue weighted by molar-refractivity contribution is 5.96. The first kappa shape index (κ1) is 21.1. The molecule has 0 radical (unpaired) electrons. The molecule has 0 spiro atoms. The van der Waals surface area contributed by atoms with E-state index in [0.29, 0.717) is 38.2 Å². The fraction of sp³-hybridized carbons (Fsp3) is 0.400. The van der Waals surface area contributed by atoms with Gasteiger partial charge in [-0.05, 0) is 24.6 Å². The molecule has 31 heavy (non-hydrogen) atoms. The zero-order valence-electron chi connectivity index (χ0n) is 18.4. The molecule has 2 aromatic rings. The standard InChI is InChI=1S/C25H29N3O3/c1-18-9-11-19(12-10-18)13-22(29)27-14-21-15-28(23(30)20-7-5-4-6-8-20)17-25(21,16-27)24(31)26(2)3/h4-12,21H,13-17H2,1-3H3/t21-,25-/m1/s1. The van der Waals surface area contributed by atoms with Crippen molar-refractivity contribution in [3.63, 3.8) is 0 Å². The maximum Gasteiger partial charge on any atom is 0.253 e. The van der Waals surface area contributed by atoms with Crippen molar-refractivity contribution in [3.8, 4) is 0 Å². The zero-order valence-corrected chi connectivity index (χ0v) is 18.4. The molecule has 0 unspecified atom stereocenters. The summed E-state index contributed by atoms with van der Waals surface area (Å²) in [6, 6.07) is 17.1. The molecule has 2 aromatic carbocycles. The van der Waals surface area contributed by atoms with Crippen LogP contribution < -0.4 is 0 Å². The van der Waals surface area contributed by atoms with Gasteiger partial charge < -0.3 is 14.7 Å². The topological polar surface area (TPSA) is 60.9 Å². The fourth-order valence-electron chi connectivity index (χ4n) is 4.91. The van der Waals surface area contributed by atoms with E-state index in [1.165, 1.54) is 0 Å². The quantitative estimate of drug-likeness (QED) is 0.764. The molecule has 0 saturated carbocycles. The molecule has 0 bridgehead atoms. The van der Waals surface area contributed by atoms with Crippen molar-refractivity contribution >= 4 is 17.7 Å². The minimum Gasteiger partial charge on any atom is -0.348 e. The van der Waals surface area contributed by atoms with Gasteiger partial charge in [0.15, 0.2) is 0 Å². The smallest absolute Gasteiger partial charge is 0.253 e. The Labute approximate surface area is 183 Å². The number of hydrogen-bond acceptors (Lipinski definition) is 3. The summed E-state index contributed by atoms with van der Waals surface area (Å²) in [6.45, 7) is 3.71. The first-order valence-electron chi connectivity index (χ1n) is 10.7.